The number of halogens is 3. The van der Waals surface area contributed by atoms with Crippen LogP contribution in [0.4, 0.5) is 19.0 Å². The van der Waals surface area contributed by atoms with Crippen LogP contribution >= 0.6 is 0 Å². The van der Waals surface area contributed by atoms with Crippen LogP contribution in [0.3, 0.4) is 0 Å². The summed E-state index contributed by atoms with van der Waals surface area (Å²) in [7, 11) is 0. The second-order valence-electron chi connectivity index (χ2n) is 8.39. The highest BCUT2D eigenvalue weighted by Crippen LogP contribution is 2.35. The topological polar surface area (TPSA) is 105 Å². The van der Waals surface area contributed by atoms with E-state index in [9.17, 15) is 22.8 Å². The number of fused-ring (bicyclic) bond motifs is 2. The normalized spacial score (nSPS) is 16.0. The highest BCUT2D eigenvalue weighted by molar-refractivity contribution is 6.04. The van der Waals surface area contributed by atoms with Crippen LogP contribution in [-0.4, -0.2) is 39.9 Å². The third-order valence-corrected chi connectivity index (χ3v) is 6.04. The summed E-state index contributed by atoms with van der Waals surface area (Å²) in [6, 6.07) is 8.74. The first kappa shape index (κ1) is 21.9. The Balaban J connectivity index is 1.73. The van der Waals surface area contributed by atoms with Gasteiger partial charge in [-0.3, -0.25) is 14.6 Å². The average Bonchev–Trinajstić information content (AvgIpc) is 2.97. The van der Waals surface area contributed by atoms with Crippen molar-refractivity contribution >= 4 is 33.5 Å². The number of carbonyl (C=O) groups excluding carboxylic acids is 1. The summed E-state index contributed by atoms with van der Waals surface area (Å²) in [5.41, 5.74) is 6.35. The van der Waals surface area contributed by atoms with Gasteiger partial charge in [-0.15, -0.1) is 0 Å². The maximum atomic E-state index is 14.0. The molecule has 0 bridgehead atoms. The van der Waals surface area contributed by atoms with Crippen molar-refractivity contribution in [2.45, 2.75) is 25.2 Å². The zero-order chi connectivity index (χ0) is 24.0. The zero-order valence-electron chi connectivity index (χ0n) is 17.9. The molecule has 5 rings (SSSR count). The molecule has 0 atom stereocenters. The largest absolute Gasteiger partial charge is 0.364 e. The molecule has 0 radical (unpaired) electrons. The molecular weight excluding hydrogens is 447 g/mol. The SMILES string of the molecule is NC(=O)c1nccc2[nH]c(-c3cc4ccc(F)cc4nc3N3CCCC(F)(F)CC3)cc(=O)c12. The number of rotatable bonds is 3. The number of nitrogens with zero attached hydrogens (tertiary/aromatic N) is 3. The molecule has 34 heavy (non-hydrogen) atoms. The van der Waals surface area contributed by atoms with Crippen molar-refractivity contribution < 1.29 is 18.0 Å². The molecule has 4 heterocycles. The van der Waals surface area contributed by atoms with Crippen LogP contribution in [0.25, 0.3) is 33.1 Å². The first-order chi connectivity index (χ1) is 16.2. The van der Waals surface area contributed by atoms with E-state index in [0.717, 1.165) is 0 Å². The van der Waals surface area contributed by atoms with E-state index < -0.39 is 23.1 Å². The molecule has 0 unspecified atom stereocenters. The van der Waals surface area contributed by atoms with Crippen molar-refractivity contribution in [3.8, 4) is 11.3 Å². The molecule has 10 heteroatoms. The molecule has 1 saturated heterocycles. The van der Waals surface area contributed by atoms with E-state index in [1.165, 1.54) is 24.4 Å². The van der Waals surface area contributed by atoms with E-state index in [-0.39, 0.29) is 36.9 Å². The van der Waals surface area contributed by atoms with Crippen molar-refractivity contribution in [3.63, 3.8) is 0 Å². The third kappa shape index (κ3) is 3.95. The number of anilines is 1. The smallest absolute Gasteiger partial charge is 0.268 e. The van der Waals surface area contributed by atoms with E-state index in [0.29, 0.717) is 40.0 Å². The van der Waals surface area contributed by atoms with Gasteiger partial charge in [0.15, 0.2) is 5.43 Å². The van der Waals surface area contributed by atoms with Gasteiger partial charge in [0, 0.05) is 55.2 Å². The molecular formula is C24H20F3N5O2. The van der Waals surface area contributed by atoms with Gasteiger partial charge in [-0.05, 0) is 30.7 Å². The number of benzene rings is 1. The van der Waals surface area contributed by atoms with Crippen LogP contribution in [0.5, 0.6) is 0 Å². The summed E-state index contributed by atoms with van der Waals surface area (Å²) < 4.78 is 41.9. The van der Waals surface area contributed by atoms with Crippen molar-refractivity contribution in [2.24, 2.45) is 5.73 Å². The van der Waals surface area contributed by atoms with Gasteiger partial charge in [0.25, 0.3) is 5.91 Å². The Bertz CT molecular complexity index is 1500. The highest BCUT2D eigenvalue weighted by atomic mass is 19.3. The number of aromatic amines is 1. The van der Waals surface area contributed by atoms with Crippen LogP contribution in [0.15, 0.2) is 47.4 Å². The first-order valence-corrected chi connectivity index (χ1v) is 10.8. The summed E-state index contributed by atoms with van der Waals surface area (Å²) in [5.74, 6) is -3.70. The van der Waals surface area contributed by atoms with Crippen LogP contribution in [0.2, 0.25) is 0 Å². The number of nitrogens with one attached hydrogen (secondary N) is 1. The first-order valence-electron chi connectivity index (χ1n) is 10.8. The Kier molecular flexibility index (Phi) is 5.22. The lowest BCUT2D eigenvalue weighted by molar-refractivity contribution is -0.0102. The van der Waals surface area contributed by atoms with E-state index >= 15 is 0 Å². The van der Waals surface area contributed by atoms with Crippen molar-refractivity contribution in [1.82, 2.24) is 15.0 Å². The molecule has 0 saturated carbocycles. The molecule has 3 aromatic heterocycles. The second kappa shape index (κ2) is 8.12. The number of H-pyrrole nitrogens is 1. The number of pyridine rings is 3. The fourth-order valence-electron chi connectivity index (χ4n) is 4.38. The molecule has 7 nitrogen and oxygen atoms in total. The summed E-state index contributed by atoms with van der Waals surface area (Å²) in [4.78, 5) is 38.1. The van der Waals surface area contributed by atoms with E-state index in [1.807, 2.05) is 0 Å². The summed E-state index contributed by atoms with van der Waals surface area (Å²) in [6.07, 6.45) is 1.06. The molecule has 4 aromatic rings. The predicted molar refractivity (Wildman–Crippen MR) is 123 cm³/mol. The maximum absolute atomic E-state index is 14.0. The number of hydrogen-bond donors (Lipinski definition) is 2. The number of primary amides is 1. The number of alkyl halides is 2. The van der Waals surface area contributed by atoms with Gasteiger partial charge in [0.05, 0.1) is 22.1 Å². The maximum Gasteiger partial charge on any atom is 0.268 e. The molecule has 1 aromatic carbocycles. The van der Waals surface area contributed by atoms with Gasteiger partial charge in [0.2, 0.25) is 5.92 Å². The van der Waals surface area contributed by atoms with Crippen LogP contribution in [-0.2, 0) is 0 Å². The summed E-state index contributed by atoms with van der Waals surface area (Å²) >= 11 is 0. The monoisotopic (exact) mass is 467 g/mol. The lowest BCUT2D eigenvalue weighted by Gasteiger charge is -2.25. The number of aromatic nitrogens is 3. The van der Waals surface area contributed by atoms with Crippen LogP contribution < -0.4 is 16.1 Å². The average molecular weight is 467 g/mol. The molecule has 0 spiro atoms. The molecule has 0 aliphatic carbocycles. The predicted octanol–water partition coefficient (Wildman–Crippen LogP) is 4.00. The second-order valence-corrected chi connectivity index (χ2v) is 8.39. The van der Waals surface area contributed by atoms with Crippen LogP contribution in [0.1, 0.15) is 29.8 Å². The van der Waals surface area contributed by atoms with Gasteiger partial charge in [-0.2, -0.15) is 0 Å². The molecule has 1 aliphatic heterocycles. The van der Waals surface area contributed by atoms with E-state index in [1.54, 1.807) is 23.1 Å². The van der Waals surface area contributed by atoms with E-state index in [2.05, 4.69) is 15.0 Å². The standard InChI is InChI=1S/C24H20F3N5O2/c25-14-3-2-13-10-15(18-12-19(33)20-16(30-18)4-7-29-21(20)22(28)34)23(31-17(13)11-14)32-8-1-5-24(26,27)6-9-32/h2-4,7,10-12H,1,5-6,8-9H2,(H2,28,34)(H,30,33). The number of amides is 1. The van der Waals surface area contributed by atoms with Crippen LogP contribution in [0, 0.1) is 5.82 Å². The van der Waals surface area contributed by atoms with Crippen molar-refractivity contribution in [2.75, 3.05) is 18.0 Å². The fraction of sp³-hybridized carbons (Fsp3) is 0.250. The molecule has 1 aliphatic rings. The van der Waals surface area contributed by atoms with E-state index in [4.69, 9.17) is 5.73 Å². The number of carbonyl (C=O) groups is 1. The van der Waals surface area contributed by atoms with Crippen molar-refractivity contribution in [1.29, 1.82) is 0 Å². The van der Waals surface area contributed by atoms with Gasteiger partial charge < -0.3 is 15.6 Å². The Morgan fingerprint density at radius 1 is 1.12 bits per heavy atom. The van der Waals surface area contributed by atoms with Gasteiger partial charge in [-0.1, -0.05) is 0 Å². The minimum absolute atomic E-state index is 0.0569. The molecule has 174 valence electrons. The summed E-state index contributed by atoms with van der Waals surface area (Å²) in [5, 5.41) is 0.680. The Morgan fingerprint density at radius 2 is 1.94 bits per heavy atom. The highest BCUT2D eigenvalue weighted by Gasteiger charge is 2.33. The van der Waals surface area contributed by atoms with Gasteiger partial charge in [-0.25, -0.2) is 18.2 Å². The lowest BCUT2D eigenvalue weighted by Crippen LogP contribution is -2.27. The molecule has 3 N–H and O–H groups in total. The Hall–Kier alpha value is -3.95. The zero-order valence-corrected chi connectivity index (χ0v) is 17.9. The third-order valence-electron chi connectivity index (χ3n) is 6.04. The summed E-state index contributed by atoms with van der Waals surface area (Å²) in [6.45, 7) is 0.394. The van der Waals surface area contributed by atoms with Gasteiger partial charge in [0.1, 0.15) is 17.3 Å². The number of nitrogens with two attached hydrogens (primary N) is 1. The Labute approximate surface area is 191 Å². The minimum atomic E-state index is -2.77. The molecule has 1 fully saturated rings. The number of hydrogen-bond acceptors (Lipinski definition) is 5. The Morgan fingerprint density at radius 3 is 2.74 bits per heavy atom. The quantitative estimate of drug-likeness (QED) is 0.474. The molecule has 1 amide bonds. The fourth-order valence-corrected chi connectivity index (χ4v) is 4.38. The minimum Gasteiger partial charge on any atom is -0.364 e. The van der Waals surface area contributed by atoms with Gasteiger partial charge >= 0.3 is 0 Å². The lowest BCUT2D eigenvalue weighted by atomic mass is 10.1. The van der Waals surface area contributed by atoms with Crippen molar-refractivity contribution in [3.05, 3.63) is 64.3 Å².